The van der Waals surface area contributed by atoms with Gasteiger partial charge in [0, 0.05) is 17.5 Å². The zero-order chi connectivity index (χ0) is 14.4. The van der Waals surface area contributed by atoms with Crippen LogP contribution in [0.4, 0.5) is 5.69 Å². The van der Waals surface area contributed by atoms with Crippen LogP contribution in [0.1, 0.15) is 10.4 Å². The molecule has 0 aliphatic rings. The van der Waals surface area contributed by atoms with Crippen molar-refractivity contribution in [3.63, 3.8) is 0 Å². The lowest BCUT2D eigenvalue weighted by molar-refractivity contribution is 0.103. The third-order valence-corrected chi connectivity index (χ3v) is 2.76. The highest BCUT2D eigenvalue weighted by Gasteiger charge is 2.09. The third kappa shape index (κ3) is 3.38. The SMILES string of the molecule is COc1cccc(C(=O)/C(N)=C/Nc2ccccc2)c1. The molecule has 0 saturated heterocycles. The third-order valence-electron chi connectivity index (χ3n) is 2.76. The maximum absolute atomic E-state index is 12.1. The number of ether oxygens (including phenoxy) is 1. The highest BCUT2D eigenvalue weighted by Crippen LogP contribution is 2.14. The van der Waals surface area contributed by atoms with Gasteiger partial charge < -0.3 is 15.8 Å². The number of benzene rings is 2. The van der Waals surface area contributed by atoms with E-state index in [0.717, 1.165) is 5.69 Å². The molecule has 0 radical (unpaired) electrons. The molecule has 4 heteroatoms. The van der Waals surface area contributed by atoms with E-state index < -0.39 is 0 Å². The molecule has 0 fully saturated rings. The van der Waals surface area contributed by atoms with Crippen molar-refractivity contribution in [2.45, 2.75) is 0 Å². The second-order valence-corrected chi connectivity index (χ2v) is 4.17. The summed E-state index contributed by atoms with van der Waals surface area (Å²) in [5, 5.41) is 2.98. The van der Waals surface area contributed by atoms with Crippen LogP contribution in [-0.2, 0) is 0 Å². The summed E-state index contributed by atoms with van der Waals surface area (Å²) < 4.78 is 5.09. The molecule has 0 aliphatic carbocycles. The van der Waals surface area contributed by atoms with Crippen molar-refractivity contribution < 1.29 is 9.53 Å². The average Bonchev–Trinajstić information content (AvgIpc) is 2.53. The first kappa shape index (κ1) is 13.7. The molecule has 2 aromatic carbocycles. The molecule has 0 bridgehead atoms. The van der Waals surface area contributed by atoms with Crippen LogP contribution >= 0.6 is 0 Å². The lowest BCUT2D eigenvalue weighted by atomic mass is 10.1. The van der Waals surface area contributed by atoms with Crippen LogP contribution in [0.2, 0.25) is 0 Å². The molecular formula is C16H16N2O2. The molecule has 20 heavy (non-hydrogen) atoms. The van der Waals surface area contributed by atoms with Crippen molar-refractivity contribution in [1.82, 2.24) is 0 Å². The largest absolute Gasteiger partial charge is 0.497 e. The Hall–Kier alpha value is -2.75. The van der Waals surface area contributed by atoms with Crippen LogP contribution in [0.25, 0.3) is 0 Å². The molecule has 0 aliphatic heterocycles. The lowest BCUT2D eigenvalue weighted by Crippen LogP contribution is -2.13. The van der Waals surface area contributed by atoms with Crippen LogP contribution in [0.3, 0.4) is 0 Å². The van der Waals surface area contributed by atoms with Crippen molar-refractivity contribution in [1.29, 1.82) is 0 Å². The molecular weight excluding hydrogens is 252 g/mol. The van der Waals surface area contributed by atoms with E-state index in [4.69, 9.17) is 10.5 Å². The minimum atomic E-state index is -0.243. The van der Waals surface area contributed by atoms with E-state index in [0.29, 0.717) is 11.3 Å². The Bertz CT molecular complexity index is 621. The quantitative estimate of drug-likeness (QED) is 0.646. The van der Waals surface area contributed by atoms with Gasteiger partial charge in [0.15, 0.2) is 0 Å². The number of ketones is 1. The number of hydrogen-bond acceptors (Lipinski definition) is 4. The van der Waals surface area contributed by atoms with Gasteiger partial charge >= 0.3 is 0 Å². The maximum atomic E-state index is 12.1. The number of Topliss-reactive ketones (excluding diaryl/α,β-unsaturated/α-hetero) is 1. The van der Waals surface area contributed by atoms with Crippen LogP contribution in [0, 0.1) is 0 Å². The van der Waals surface area contributed by atoms with Gasteiger partial charge in [-0.15, -0.1) is 0 Å². The highest BCUT2D eigenvalue weighted by molar-refractivity contribution is 6.08. The molecule has 0 saturated carbocycles. The molecule has 2 rings (SSSR count). The number of methoxy groups -OCH3 is 1. The van der Waals surface area contributed by atoms with Gasteiger partial charge in [-0.3, -0.25) is 4.79 Å². The fraction of sp³-hybridized carbons (Fsp3) is 0.0625. The van der Waals surface area contributed by atoms with Gasteiger partial charge in [-0.25, -0.2) is 0 Å². The van der Waals surface area contributed by atoms with E-state index in [1.54, 1.807) is 31.4 Å². The Morgan fingerprint density at radius 1 is 1.15 bits per heavy atom. The predicted molar refractivity (Wildman–Crippen MR) is 79.7 cm³/mol. The summed E-state index contributed by atoms with van der Waals surface area (Å²) in [6.45, 7) is 0. The van der Waals surface area contributed by atoms with Gasteiger partial charge in [0.2, 0.25) is 5.78 Å². The van der Waals surface area contributed by atoms with Crippen LogP contribution < -0.4 is 15.8 Å². The topological polar surface area (TPSA) is 64.3 Å². The second kappa shape index (κ2) is 6.43. The van der Waals surface area contributed by atoms with E-state index >= 15 is 0 Å². The second-order valence-electron chi connectivity index (χ2n) is 4.17. The first-order chi connectivity index (χ1) is 9.70. The van der Waals surface area contributed by atoms with E-state index in [1.165, 1.54) is 6.20 Å². The summed E-state index contributed by atoms with van der Waals surface area (Å²) in [4.78, 5) is 12.1. The summed E-state index contributed by atoms with van der Waals surface area (Å²) in [6.07, 6.45) is 1.50. The van der Waals surface area contributed by atoms with Crippen molar-refractivity contribution >= 4 is 11.5 Å². The van der Waals surface area contributed by atoms with Crippen molar-refractivity contribution in [3.8, 4) is 5.75 Å². The minimum absolute atomic E-state index is 0.141. The van der Waals surface area contributed by atoms with Crippen LogP contribution in [0.15, 0.2) is 66.5 Å². The first-order valence-corrected chi connectivity index (χ1v) is 6.16. The zero-order valence-electron chi connectivity index (χ0n) is 11.2. The average molecular weight is 268 g/mol. The lowest BCUT2D eigenvalue weighted by Gasteiger charge is -2.05. The number of nitrogens with two attached hydrogens (primary N) is 1. The maximum Gasteiger partial charge on any atom is 0.210 e. The molecule has 0 unspecified atom stereocenters. The molecule has 0 aromatic heterocycles. The number of carbonyl (C=O) groups is 1. The first-order valence-electron chi connectivity index (χ1n) is 6.16. The molecule has 0 heterocycles. The number of hydrogen-bond donors (Lipinski definition) is 2. The molecule has 0 atom stereocenters. The van der Waals surface area contributed by atoms with Crippen molar-refractivity contribution in [2.75, 3.05) is 12.4 Å². The number of rotatable bonds is 5. The van der Waals surface area contributed by atoms with Crippen LogP contribution in [-0.4, -0.2) is 12.9 Å². The smallest absolute Gasteiger partial charge is 0.210 e. The number of carbonyl (C=O) groups excluding carboxylic acids is 1. The minimum Gasteiger partial charge on any atom is -0.497 e. The number of anilines is 1. The Morgan fingerprint density at radius 3 is 2.60 bits per heavy atom. The summed E-state index contributed by atoms with van der Waals surface area (Å²) in [7, 11) is 1.56. The Morgan fingerprint density at radius 2 is 1.90 bits per heavy atom. The molecule has 0 amide bonds. The Labute approximate surface area is 117 Å². The summed E-state index contributed by atoms with van der Waals surface area (Å²) in [5.74, 6) is 0.381. The molecule has 3 N–H and O–H groups in total. The van der Waals surface area contributed by atoms with E-state index in [2.05, 4.69) is 5.32 Å². The van der Waals surface area contributed by atoms with Gasteiger partial charge in [0.25, 0.3) is 0 Å². The Kier molecular flexibility index (Phi) is 4.39. The van der Waals surface area contributed by atoms with E-state index in [1.807, 2.05) is 30.3 Å². The summed E-state index contributed by atoms with van der Waals surface area (Å²) >= 11 is 0. The monoisotopic (exact) mass is 268 g/mol. The summed E-state index contributed by atoms with van der Waals surface area (Å²) in [5.41, 5.74) is 7.30. The predicted octanol–water partition coefficient (Wildman–Crippen LogP) is 2.79. The van der Waals surface area contributed by atoms with Crippen molar-refractivity contribution in [3.05, 3.63) is 72.1 Å². The summed E-state index contributed by atoms with van der Waals surface area (Å²) in [6, 6.07) is 16.4. The van der Waals surface area contributed by atoms with Gasteiger partial charge in [-0.05, 0) is 24.3 Å². The van der Waals surface area contributed by atoms with E-state index in [9.17, 15) is 4.79 Å². The fourth-order valence-electron chi connectivity index (χ4n) is 1.69. The van der Waals surface area contributed by atoms with Gasteiger partial charge in [0.05, 0.1) is 12.8 Å². The molecule has 102 valence electrons. The zero-order valence-corrected chi connectivity index (χ0v) is 11.2. The standard InChI is InChI=1S/C16H16N2O2/c1-20-14-9-5-6-12(10-14)16(19)15(17)11-18-13-7-3-2-4-8-13/h2-11,18H,17H2,1H3/b15-11-. The molecule has 2 aromatic rings. The number of nitrogens with one attached hydrogen (secondary N) is 1. The number of para-hydroxylation sites is 1. The normalized spacial score (nSPS) is 10.9. The molecule has 4 nitrogen and oxygen atoms in total. The number of allylic oxidation sites excluding steroid dienone is 1. The fourth-order valence-corrected chi connectivity index (χ4v) is 1.69. The Balaban J connectivity index is 2.11. The van der Waals surface area contributed by atoms with Gasteiger partial charge in [-0.2, -0.15) is 0 Å². The van der Waals surface area contributed by atoms with E-state index in [-0.39, 0.29) is 11.5 Å². The van der Waals surface area contributed by atoms with Crippen LogP contribution in [0.5, 0.6) is 5.75 Å². The van der Waals surface area contributed by atoms with Gasteiger partial charge in [0.1, 0.15) is 5.75 Å². The molecule has 0 spiro atoms. The van der Waals surface area contributed by atoms with Crippen molar-refractivity contribution in [2.24, 2.45) is 5.73 Å². The van der Waals surface area contributed by atoms with Gasteiger partial charge in [-0.1, -0.05) is 30.3 Å². The highest BCUT2D eigenvalue weighted by atomic mass is 16.5.